The van der Waals surface area contributed by atoms with Gasteiger partial charge in [0.15, 0.2) is 5.78 Å². The molecule has 0 saturated heterocycles. The summed E-state index contributed by atoms with van der Waals surface area (Å²) < 4.78 is 13.8. The van der Waals surface area contributed by atoms with Crippen molar-refractivity contribution in [2.45, 2.75) is 6.10 Å². The number of phosphoric ester groups is 1. The molecule has 0 aromatic heterocycles. The maximum Gasteiger partial charge on any atom is 0.470 e. The first kappa shape index (κ1) is 11.7. The molecule has 0 saturated carbocycles. The Bertz CT molecular complexity index is 196. The van der Waals surface area contributed by atoms with E-state index in [4.69, 9.17) is 20.0 Å². The van der Waals surface area contributed by atoms with Crippen LogP contribution in [-0.4, -0.2) is 45.1 Å². The molecule has 8 heteroatoms. The average molecular weight is 200 g/mol. The number of rotatable bonds is 5. The molecule has 1 unspecified atom stereocenters. The predicted octanol–water partition coefficient (Wildman–Crippen LogP) is -1.98. The molecule has 0 amide bonds. The van der Waals surface area contributed by atoms with E-state index in [-0.39, 0.29) is 0 Å². The van der Waals surface area contributed by atoms with Crippen LogP contribution in [0.1, 0.15) is 0 Å². The molecule has 72 valence electrons. The minimum Gasteiger partial charge on any atom is -0.393 e. The van der Waals surface area contributed by atoms with E-state index in [2.05, 4.69) is 4.52 Å². The minimum atomic E-state index is -4.68. The van der Waals surface area contributed by atoms with E-state index >= 15 is 0 Å². The normalized spacial score (nSPS) is 14.3. The number of aliphatic hydroxyl groups is 2. The van der Waals surface area contributed by atoms with Crippen molar-refractivity contribution in [2.75, 3.05) is 13.2 Å². The Morgan fingerprint density at radius 1 is 1.50 bits per heavy atom. The third-order valence-electron chi connectivity index (χ3n) is 0.920. The molecular weight excluding hydrogens is 191 g/mol. The van der Waals surface area contributed by atoms with Crippen LogP contribution in [0.5, 0.6) is 0 Å². The van der Waals surface area contributed by atoms with E-state index in [1.54, 1.807) is 0 Å². The van der Waals surface area contributed by atoms with E-state index in [1.807, 2.05) is 0 Å². The third-order valence-corrected chi connectivity index (χ3v) is 1.39. The van der Waals surface area contributed by atoms with Gasteiger partial charge in [0.05, 0.1) is 6.61 Å². The number of aliphatic hydroxyl groups excluding tert-OH is 2. The van der Waals surface area contributed by atoms with Crippen molar-refractivity contribution < 1.29 is 33.9 Å². The highest BCUT2D eigenvalue weighted by molar-refractivity contribution is 7.46. The van der Waals surface area contributed by atoms with Crippen molar-refractivity contribution >= 4 is 13.6 Å². The summed E-state index contributed by atoms with van der Waals surface area (Å²) in [6.07, 6.45) is -1.66. The maximum absolute atomic E-state index is 10.5. The van der Waals surface area contributed by atoms with Gasteiger partial charge in [-0.1, -0.05) is 0 Å². The molecule has 7 nitrogen and oxygen atoms in total. The van der Waals surface area contributed by atoms with Crippen LogP contribution in [-0.2, 0) is 13.9 Å². The van der Waals surface area contributed by atoms with E-state index < -0.39 is 32.9 Å². The zero-order chi connectivity index (χ0) is 9.78. The van der Waals surface area contributed by atoms with E-state index in [0.717, 1.165) is 0 Å². The van der Waals surface area contributed by atoms with E-state index in [0.29, 0.717) is 0 Å². The van der Waals surface area contributed by atoms with Crippen molar-refractivity contribution in [3.8, 4) is 0 Å². The molecule has 0 aliphatic rings. The SMILES string of the molecule is O=C(COP(=O)(O)O)C(O)CO. The molecule has 0 aliphatic carbocycles. The smallest absolute Gasteiger partial charge is 0.393 e. The first-order valence-electron chi connectivity index (χ1n) is 2.88. The Kier molecular flexibility index (Phi) is 4.54. The van der Waals surface area contributed by atoms with Crippen molar-refractivity contribution in [3.63, 3.8) is 0 Å². The number of hydrogen-bond acceptors (Lipinski definition) is 5. The molecule has 0 fully saturated rings. The molecule has 12 heavy (non-hydrogen) atoms. The Balaban J connectivity index is 3.80. The van der Waals surface area contributed by atoms with Gasteiger partial charge in [0, 0.05) is 0 Å². The van der Waals surface area contributed by atoms with Crippen LogP contribution >= 0.6 is 7.82 Å². The van der Waals surface area contributed by atoms with E-state index in [9.17, 15) is 9.36 Å². The number of carbonyl (C=O) groups excluding carboxylic acids is 1. The number of Topliss-reactive ketones (excluding diaryl/α,β-unsaturated/α-hetero) is 1. The van der Waals surface area contributed by atoms with Crippen molar-refractivity contribution in [3.05, 3.63) is 0 Å². The van der Waals surface area contributed by atoms with Gasteiger partial charge in [0.25, 0.3) is 0 Å². The summed E-state index contributed by atoms with van der Waals surface area (Å²) >= 11 is 0. The van der Waals surface area contributed by atoms with Gasteiger partial charge in [-0.25, -0.2) is 4.57 Å². The van der Waals surface area contributed by atoms with Crippen LogP contribution in [0.4, 0.5) is 0 Å². The van der Waals surface area contributed by atoms with Crippen molar-refractivity contribution in [1.29, 1.82) is 0 Å². The predicted molar refractivity (Wildman–Crippen MR) is 36.1 cm³/mol. The fraction of sp³-hybridized carbons (Fsp3) is 0.750. The molecule has 0 aromatic rings. The third kappa shape index (κ3) is 5.36. The summed E-state index contributed by atoms with van der Waals surface area (Å²) in [7, 11) is -4.68. The van der Waals surface area contributed by atoms with Gasteiger partial charge in [-0.15, -0.1) is 0 Å². The first-order valence-corrected chi connectivity index (χ1v) is 4.41. The fourth-order valence-corrected chi connectivity index (χ4v) is 0.641. The molecule has 0 bridgehead atoms. The van der Waals surface area contributed by atoms with Crippen LogP contribution < -0.4 is 0 Å². The molecular formula is C4H9O7P. The lowest BCUT2D eigenvalue weighted by Gasteiger charge is -2.06. The van der Waals surface area contributed by atoms with Crippen LogP contribution in [0.25, 0.3) is 0 Å². The molecule has 1 atom stereocenters. The summed E-state index contributed by atoms with van der Waals surface area (Å²) in [6, 6.07) is 0. The van der Waals surface area contributed by atoms with E-state index in [1.165, 1.54) is 0 Å². The Morgan fingerprint density at radius 3 is 2.33 bits per heavy atom. The Hall–Kier alpha value is -0.300. The van der Waals surface area contributed by atoms with Gasteiger partial charge in [-0.05, 0) is 0 Å². The van der Waals surface area contributed by atoms with Crippen LogP contribution in [0.2, 0.25) is 0 Å². The summed E-state index contributed by atoms with van der Waals surface area (Å²) in [5.41, 5.74) is 0. The Morgan fingerprint density at radius 2 is 2.00 bits per heavy atom. The van der Waals surface area contributed by atoms with Crippen molar-refractivity contribution in [1.82, 2.24) is 0 Å². The zero-order valence-electron chi connectivity index (χ0n) is 5.95. The van der Waals surface area contributed by atoms with Gasteiger partial charge < -0.3 is 20.0 Å². The van der Waals surface area contributed by atoms with Crippen LogP contribution in [0, 0.1) is 0 Å². The number of carbonyl (C=O) groups is 1. The quantitative estimate of drug-likeness (QED) is 0.379. The largest absolute Gasteiger partial charge is 0.470 e. The highest BCUT2D eigenvalue weighted by Gasteiger charge is 2.20. The number of ketones is 1. The lowest BCUT2D eigenvalue weighted by Crippen LogP contribution is -2.27. The molecule has 0 spiro atoms. The number of hydrogen-bond donors (Lipinski definition) is 4. The molecule has 0 aliphatic heterocycles. The summed E-state index contributed by atoms with van der Waals surface area (Å²) in [6.45, 7) is -1.73. The highest BCUT2D eigenvalue weighted by atomic mass is 31.2. The summed E-state index contributed by atoms with van der Waals surface area (Å²) in [5.74, 6) is -0.985. The fourth-order valence-electron chi connectivity index (χ4n) is 0.346. The second kappa shape index (κ2) is 4.66. The monoisotopic (exact) mass is 200 g/mol. The number of phosphoric acid groups is 1. The van der Waals surface area contributed by atoms with Crippen LogP contribution in [0.3, 0.4) is 0 Å². The molecule has 0 aromatic carbocycles. The van der Waals surface area contributed by atoms with Crippen LogP contribution in [0.15, 0.2) is 0 Å². The lowest BCUT2D eigenvalue weighted by atomic mass is 10.3. The summed E-state index contributed by atoms with van der Waals surface area (Å²) in [4.78, 5) is 26.8. The maximum atomic E-state index is 10.5. The second-order valence-electron chi connectivity index (χ2n) is 1.93. The van der Waals surface area contributed by atoms with Gasteiger partial charge in [0.2, 0.25) is 0 Å². The second-order valence-corrected chi connectivity index (χ2v) is 3.17. The van der Waals surface area contributed by atoms with Gasteiger partial charge >= 0.3 is 7.82 Å². The lowest BCUT2D eigenvalue weighted by molar-refractivity contribution is -0.131. The standard InChI is InChI=1S/C4H9O7P/c5-1-3(6)4(7)2-11-12(8,9)10/h3,5-6H,1-2H2,(H2,8,9,10). The topological polar surface area (TPSA) is 124 Å². The zero-order valence-corrected chi connectivity index (χ0v) is 6.85. The van der Waals surface area contributed by atoms with Gasteiger partial charge in [-0.2, -0.15) is 0 Å². The van der Waals surface area contributed by atoms with Crippen molar-refractivity contribution in [2.24, 2.45) is 0 Å². The minimum absolute atomic E-state index is 0.802. The molecule has 4 N–H and O–H groups in total. The highest BCUT2D eigenvalue weighted by Crippen LogP contribution is 2.35. The van der Waals surface area contributed by atoms with Gasteiger partial charge in [-0.3, -0.25) is 9.32 Å². The molecule has 0 heterocycles. The first-order chi connectivity index (χ1) is 5.37. The molecule has 0 rings (SSSR count). The Labute approximate surface area is 67.8 Å². The molecule has 0 radical (unpaired) electrons. The van der Waals surface area contributed by atoms with Gasteiger partial charge in [0.1, 0.15) is 12.7 Å². The average Bonchev–Trinajstić information content (AvgIpc) is 1.97. The summed E-state index contributed by atoms with van der Waals surface area (Å²) in [5, 5.41) is 16.8.